The first-order chi connectivity index (χ1) is 15.7. The van der Waals surface area contributed by atoms with Gasteiger partial charge in [-0.25, -0.2) is 14.0 Å². The number of rotatable bonds is 11. The number of nitrogens with two attached hydrogens (primary N) is 1. The fourth-order valence-electron chi connectivity index (χ4n) is 3.23. The number of carbonyl (C=O) groups excluding carboxylic acids is 2. The number of nitrogen functional groups attached to an aromatic ring is 1. The number of hydrogen-bond donors (Lipinski definition) is 2. The van der Waals surface area contributed by atoms with Gasteiger partial charge >= 0.3 is 11.7 Å². The number of ether oxygens (including phenoxy) is 1. The van der Waals surface area contributed by atoms with Gasteiger partial charge in [0.25, 0.3) is 11.5 Å². The van der Waals surface area contributed by atoms with Crippen LogP contribution in [0.5, 0.6) is 0 Å². The second-order valence-electron chi connectivity index (χ2n) is 7.42. The zero-order chi connectivity index (χ0) is 24.5. The summed E-state index contributed by atoms with van der Waals surface area (Å²) in [5, 5.41) is -0.157. The second kappa shape index (κ2) is 12.2. The summed E-state index contributed by atoms with van der Waals surface area (Å²) in [7, 11) is 0. The number of hydrogen-bond acceptors (Lipinski definition) is 6. The summed E-state index contributed by atoms with van der Waals surface area (Å²) in [5.41, 5.74) is 3.96. The summed E-state index contributed by atoms with van der Waals surface area (Å²) in [6.07, 6.45) is 3.59. The Bertz CT molecular complexity index is 1090. The number of nitrogens with zero attached hydrogens (tertiary/aromatic N) is 2. The molecule has 0 radical (unpaired) electrons. The van der Waals surface area contributed by atoms with E-state index in [9.17, 15) is 23.6 Å². The number of unbranched alkanes of at least 4 members (excludes halogenated alkanes) is 3. The van der Waals surface area contributed by atoms with Gasteiger partial charge < -0.3 is 15.4 Å². The molecule has 1 amide bonds. The summed E-state index contributed by atoms with van der Waals surface area (Å²) in [5.74, 6) is -2.89. The van der Waals surface area contributed by atoms with Crippen molar-refractivity contribution in [3.8, 4) is 0 Å². The molecule has 0 aliphatic carbocycles. The maximum atomic E-state index is 14.0. The van der Waals surface area contributed by atoms with E-state index in [1.807, 2.05) is 13.8 Å². The molecule has 0 bridgehead atoms. The van der Waals surface area contributed by atoms with E-state index in [1.165, 1.54) is 16.7 Å². The fraction of sp³-hybridized carbons (Fsp3) is 0.455. The molecule has 2 rings (SSSR count). The molecule has 0 fully saturated rings. The first-order valence-corrected chi connectivity index (χ1v) is 11.1. The van der Waals surface area contributed by atoms with E-state index in [4.69, 9.17) is 22.1 Å². The van der Waals surface area contributed by atoms with Crippen LogP contribution in [-0.4, -0.2) is 34.6 Å². The molecular formula is C22H28ClFN4O5. The lowest BCUT2D eigenvalue weighted by Crippen LogP contribution is -2.43. The minimum atomic E-state index is -1.12. The monoisotopic (exact) mass is 482 g/mol. The molecule has 0 aliphatic rings. The molecule has 11 heteroatoms. The van der Waals surface area contributed by atoms with E-state index in [0.29, 0.717) is 12.8 Å². The number of aromatic amines is 1. The molecule has 180 valence electrons. The highest BCUT2D eigenvalue weighted by Gasteiger charge is 2.26. The highest BCUT2D eigenvalue weighted by atomic mass is 35.5. The van der Waals surface area contributed by atoms with Gasteiger partial charge in [0.2, 0.25) is 0 Å². The highest BCUT2D eigenvalue weighted by Crippen LogP contribution is 2.21. The van der Waals surface area contributed by atoms with Crippen LogP contribution >= 0.6 is 11.6 Å². The first kappa shape index (κ1) is 26.1. The molecule has 9 nitrogen and oxygen atoms in total. The molecule has 0 saturated heterocycles. The van der Waals surface area contributed by atoms with E-state index in [0.717, 1.165) is 30.2 Å². The highest BCUT2D eigenvalue weighted by molar-refractivity contribution is 6.33. The minimum absolute atomic E-state index is 0.115. The van der Waals surface area contributed by atoms with Crippen LogP contribution in [0, 0.1) is 5.82 Å². The van der Waals surface area contributed by atoms with E-state index < -0.39 is 41.1 Å². The van der Waals surface area contributed by atoms with Gasteiger partial charge in [0, 0.05) is 13.1 Å². The number of amides is 1. The predicted molar refractivity (Wildman–Crippen MR) is 124 cm³/mol. The molecule has 1 heterocycles. The Labute approximate surface area is 195 Å². The lowest BCUT2D eigenvalue weighted by Gasteiger charge is -2.24. The number of esters is 1. The molecule has 1 aromatic carbocycles. The number of nitrogens with one attached hydrogen (secondary N) is 1. The zero-order valence-corrected chi connectivity index (χ0v) is 19.4. The molecule has 0 spiro atoms. The van der Waals surface area contributed by atoms with E-state index in [2.05, 4.69) is 4.98 Å². The fourth-order valence-corrected chi connectivity index (χ4v) is 3.47. The van der Waals surface area contributed by atoms with Gasteiger partial charge in [-0.3, -0.25) is 19.1 Å². The van der Waals surface area contributed by atoms with Crippen LogP contribution in [0.1, 0.15) is 56.3 Å². The molecule has 0 atom stereocenters. The van der Waals surface area contributed by atoms with E-state index in [1.54, 1.807) is 0 Å². The maximum absolute atomic E-state index is 14.0. The Kier molecular flexibility index (Phi) is 9.65. The standard InChI is InChI=1S/C22H28ClFN4O5/c1-3-5-7-12-27(18-19(25)28(11-6-4-2)22(32)26-20(18)30)16(29)13-33-21(31)17-14(23)9-8-10-15(17)24/h8-10H,3-7,11-13,25H2,1-2H3,(H,26,30,32). The van der Waals surface area contributed by atoms with Gasteiger partial charge in [-0.2, -0.15) is 0 Å². The smallest absolute Gasteiger partial charge is 0.343 e. The molecule has 0 unspecified atom stereocenters. The third-order valence-electron chi connectivity index (χ3n) is 5.00. The average molecular weight is 483 g/mol. The van der Waals surface area contributed by atoms with Crippen LogP contribution < -0.4 is 21.9 Å². The summed E-state index contributed by atoms with van der Waals surface area (Å²) in [6, 6.07) is 3.69. The lowest BCUT2D eigenvalue weighted by molar-refractivity contribution is -0.121. The molecule has 0 aliphatic heterocycles. The molecular weight excluding hydrogens is 455 g/mol. The van der Waals surface area contributed by atoms with Gasteiger partial charge in [-0.15, -0.1) is 0 Å². The topological polar surface area (TPSA) is 127 Å². The normalized spacial score (nSPS) is 10.8. The van der Waals surface area contributed by atoms with Crippen molar-refractivity contribution in [1.29, 1.82) is 0 Å². The van der Waals surface area contributed by atoms with Gasteiger partial charge in [0.15, 0.2) is 12.3 Å². The third kappa shape index (κ3) is 6.44. The van der Waals surface area contributed by atoms with Gasteiger partial charge in [-0.1, -0.05) is 50.8 Å². The summed E-state index contributed by atoms with van der Waals surface area (Å²) >= 11 is 5.87. The molecule has 1 aromatic heterocycles. The Morgan fingerprint density at radius 1 is 1.18 bits per heavy atom. The Hall–Kier alpha value is -3.14. The number of anilines is 2. The number of halogens is 2. The number of H-pyrrole nitrogens is 1. The quantitative estimate of drug-likeness (QED) is 0.374. The Balaban J connectivity index is 2.34. The number of benzene rings is 1. The summed E-state index contributed by atoms with van der Waals surface area (Å²) in [6.45, 7) is 3.51. The van der Waals surface area contributed by atoms with Crippen molar-refractivity contribution >= 4 is 35.0 Å². The van der Waals surface area contributed by atoms with Crippen LogP contribution in [-0.2, 0) is 16.1 Å². The van der Waals surface area contributed by atoms with Gasteiger partial charge in [-0.05, 0) is 25.0 Å². The molecule has 0 saturated carbocycles. The first-order valence-electron chi connectivity index (χ1n) is 10.8. The SMILES string of the molecule is CCCCCN(C(=O)COC(=O)c1c(F)cccc1Cl)c1c(N)n(CCCC)c(=O)[nH]c1=O. The summed E-state index contributed by atoms with van der Waals surface area (Å²) in [4.78, 5) is 53.4. The van der Waals surface area contributed by atoms with Crippen molar-refractivity contribution < 1.29 is 18.7 Å². The van der Waals surface area contributed by atoms with Crippen LogP contribution in [0.3, 0.4) is 0 Å². The summed E-state index contributed by atoms with van der Waals surface area (Å²) < 4.78 is 20.2. The van der Waals surface area contributed by atoms with Crippen LogP contribution in [0.25, 0.3) is 0 Å². The Morgan fingerprint density at radius 3 is 2.52 bits per heavy atom. The van der Waals surface area contributed by atoms with Crippen molar-refractivity contribution in [3.63, 3.8) is 0 Å². The second-order valence-corrected chi connectivity index (χ2v) is 7.83. The zero-order valence-electron chi connectivity index (χ0n) is 18.7. The molecule has 2 aromatic rings. The van der Waals surface area contributed by atoms with Crippen LogP contribution in [0.15, 0.2) is 27.8 Å². The minimum Gasteiger partial charge on any atom is -0.452 e. The van der Waals surface area contributed by atoms with Crippen molar-refractivity contribution in [1.82, 2.24) is 9.55 Å². The predicted octanol–water partition coefficient (Wildman–Crippen LogP) is 3.09. The van der Waals surface area contributed by atoms with Gasteiger partial charge in [0.05, 0.1) is 5.02 Å². The number of aromatic nitrogens is 2. The van der Waals surface area contributed by atoms with Crippen molar-refractivity contribution in [2.24, 2.45) is 0 Å². The maximum Gasteiger partial charge on any atom is 0.343 e. The third-order valence-corrected chi connectivity index (χ3v) is 5.31. The number of carbonyl (C=O) groups is 2. The van der Waals surface area contributed by atoms with Crippen molar-refractivity contribution in [2.75, 3.05) is 23.8 Å². The largest absolute Gasteiger partial charge is 0.452 e. The molecule has 33 heavy (non-hydrogen) atoms. The average Bonchev–Trinajstić information content (AvgIpc) is 2.76. The Morgan fingerprint density at radius 2 is 1.88 bits per heavy atom. The lowest BCUT2D eigenvalue weighted by atomic mass is 10.2. The van der Waals surface area contributed by atoms with Crippen LogP contribution in [0.2, 0.25) is 5.02 Å². The van der Waals surface area contributed by atoms with Crippen molar-refractivity contribution in [2.45, 2.75) is 52.5 Å². The van der Waals surface area contributed by atoms with Crippen LogP contribution in [0.4, 0.5) is 15.9 Å². The van der Waals surface area contributed by atoms with E-state index >= 15 is 0 Å². The van der Waals surface area contributed by atoms with Gasteiger partial charge in [0.1, 0.15) is 17.2 Å². The van der Waals surface area contributed by atoms with E-state index in [-0.39, 0.29) is 29.6 Å². The molecule has 3 N–H and O–H groups in total. The van der Waals surface area contributed by atoms with Crippen molar-refractivity contribution in [3.05, 3.63) is 55.4 Å².